The molecule has 2 aromatic carbocycles. The third kappa shape index (κ3) is 5.22. The van der Waals surface area contributed by atoms with Crippen LogP contribution in [-0.2, 0) is 4.79 Å². The Balaban J connectivity index is 2.13. The first kappa shape index (κ1) is 17.2. The highest BCUT2D eigenvalue weighted by Crippen LogP contribution is 2.24. The van der Waals surface area contributed by atoms with Crippen molar-refractivity contribution in [2.24, 2.45) is 5.92 Å². The standard InChI is InChI=1S/C20H26N2O/c1-16(15-22(2)3)14-21-20(23)19(17-10-6-4-7-11-17)18-12-8-5-9-13-18/h4-13,16,19H,14-15H2,1-3H3,(H,21,23)/p+1/t16-/m0/s1. The van der Waals surface area contributed by atoms with Gasteiger partial charge in [-0.3, -0.25) is 4.79 Å². The van der Waals surface area contributed by atoms with Crippen molar-refractivity contribution < 1.29 is 9.69 Å². The minimum atomic E-state index is -0.253. The Labute approximate surface area is 139 Å². The van der Waals surface area contributed by atoms with E-state index in [1.165, 1.54) is 4.90 Å². The largest absolute Gasteiger partial charge is 0.355 e. The normalized spacial score (nSPS) is 12.4. The second kappa shape index (κ2) is 8.49. The summed E-state index contributed by atoms with van der Waals surface area (Å²) in [5.41, 5.74) is 2.06. The molecule has 0 aliphatic heterocycles. The first-order chi connectivity index (χ1) is 11.1. The Bertz CT molecular complexity index is 556. The summed E-state index contributed by atoms with van der Waals surface area (Å²) in [5.74, 6) is 0.274. The number of rotatable bonds is 7. The van der Waals surface area contributed by atoms with Crippen molar-refractivity contribution in [3.05, 3.63) is 71.8 Å². The van der Waals surface area contributed by atoms with Crippen LogP contribution in [0.4, 0.5) is 0 Å². The van der Waals surface area contributed by atoms with Crippen molar-refractivity contribution in [3.8, 4) is 0 Å². The smallest absolute Gasteiger partial charge is 0.232 e. The van der Waals surface area contributed by atoms with Gasteiger partial charge in [0.15, 0.2) is 0 Å². The number of hydrogen-bond acceptors (Lipinski definition) is 1. The van der Waals surface area contributed by atoms with Gasteiger partial charge in [-0.25, -0.2) is 0 Å². The van der Waals surface area contributed by atoms with E-state index in [1.54, 1.807) is 0 Å². The Kier molecular flexibility index (Phi) is 6.36. The molecule has 0 heterocycles. The van der Waals surface area contributed by atoms with Crippen LogP contribution in [0.15, 0.2) is 60.7 Å². The maximum atomic E-state index is 12.8. The van der Waals surface area contributed by atoms with E-state index >= 15 is 0 Å². The molecule has 0 spiro atoms. The molecule has 2 N–H and O–H groups in total. The van der Waals surface area contributed by atoms with Crippen LogP contribution < -0.4 is 10.2 Å². The van der Waals surface area contributed by atoms with Gasteiger partial charge in [0, 0.05) is 12.5 Å². The van der Waals surface area contributed by atoms with E-state index in [0.717, 1.165) is 17.7 Å². The van der Waals surface area contributed by atoms with Crippen LogP contribution in [-0.4, -0.2) is 33.1 Å². The van der Waals surface area contributed by atoms with Gasteiger partial charge >= 0.3 is 0 Å². The van der Waals surface area contributed by atoms with Crippen LogP contribution >= 0.6 is 0 Å². The molecule has 0 saturated carbocycles. The average Bonchev–Trinajstić information content (AvgIpc) is 2.55. The lowest BCUT2D eigenvalue weighted by atomic mass is 9.90. The number of benzene rings is 2. The summed E-state index contributed by atoms with van der Waals surface area (Å²) in [7, 11) is 4.27. The lowest BCUT2D eigenvalue weighted by Gasteiger charge is -2.20. The number of quaternary nitrogens is 1. The monoisotopic (exact) mass is 311 g/mol. The van der Waals surface area contributed by atoms with E-state index in [1.807, 2.05) is 60.7 Å². The fourth-order valence-electron chi connectivity index (χ4n) is 2.93. The molecule has 2 rings (SSSR count). The zero-order chi connectivity index (χ0) is 16.7. The van der Waals surface area contributed by atoms with Crippen molar-refractivity contribution >= 4 is 5.91 Å². The molecule has 0 fully saturated rings. The molecule has 122 valence electrons. The van der Waals surface area contributed by atoms with Crippen LogP contribution in [0.2, 0.25) is 0 Å². The first-order valence-electron chi connectivity index (χ1n) is 8.24. The lowest BCUT2D eigenvalue weighted by molar-refractivity contribution is -0.861. The summed E-state index contributed by atoms with van der Waals surface area (Å²) in [4.78, 5) is 14.2. The van der Waals surface area contributed by atoms with Crippen molar-refractivity contribution in [3.63, 3.8) is 0 Å². The highest BCUT2D eigenvalue weighted by molar-refractivity contribution is 5.87. The molecule has 23 heavy (non-hydrogen) atoms. The number of carbonyl (C=O) groups is 1. The van der Waals surface area contributed by atoms with Crippen molar-refractivity contribution in [2.45, 2.75) is 12.8 Å². The third-order valence-electron chi connectivity index (χ3n) is 3.91. The van der Waals surface area contributed by atoms with Gasteiger partial charge in [-0.05, 0) is 11.1 Å². The van der Waals surface area contributed by atoms with Gasteiger partial charge in [0.05, 0.1) is 26.6 Å². The lowest BCUT2D eigenvalue weighted by Crippen LogP contribution is -3.06. The molecule has 0 aliphatic carbocycles. The molecule has 2 aromatic rings. The van der Waals surface area contributed by atoms with E-state index < -0.39 is 0 Å². The van der Waals surface area contributed by atoms with Gasteiger partial charge in [0.2, 0.25) is 5.91 Å². The second-order valence-corrected chi connectivity index (χ2v) is 6.52. The minimum Gasteiger partial charge on any atom is -0.355 e. The van der Waals surface area contributed by atoms with Crippen LogP contribution in [0.3, 0.4) is 0 Å². The number of nitrogens with one attached hydrogen (secondary N) is 2. The predicted molar refractivity (Wildman–Crippen MR) is 94.6 cm³/mol. The fourth-order valence-corrected chi connectivity index (χ4v) is 2.93. The molecule has 1 amide bonds. The summed E-state index contributed by atoms with van der Waals surface area (Å²) in [5, 5.41) is 3.13. The van der Waals surface area contributed by atoms with Crippen LogP contribution in [0.25, 0.3) is 0 Å². The molecule has 1 atom stereocenters. The van der Waals surface area contributed by atoms with Crippen molar-refractivity contribution in [2.75, 3.05) is 27.2 Å². The van der Waals surface area contributed by atoms with Crippen molar-refractivity contribution in [1.82, 2.24) is 5.32 Å². The maximum absolute atomic E-state index is 12.8. The van der Waals surface area contributed by atoms with Crippen LogP contribution in [0.1, 0.15) is 24.0 Å². The quantitative estimate of drug-likeness (QED) is 0.802. The molecule has 0 unspecified atom stereocenters. The molecule has 0 bridgehead atoms. The predicted octanol–water partition coefficient (Wildman–Crippen LogP) is 1.72. The van der Waals surface area contributed by atoms with Gasteiger partial charge in [-0.1, -0.05) is 67.6 Å². The first-order valence-corrected chi connectivity index (χ1v) is 8.24. The van der Waals surface area contributed by atoms with Gasteiger partial charge in [0.1, 0.15) is 0 Å². The molecule has 0 saturated heterocycles. The van der Waals surface area contributed by atoms with Gasteiger partial charge in [-0.15, -0.1) is 0 Å². The van der Waals surface area contributed by atoms with E-state index in [9.17, 15) is 4.79 Å². The van der Waals surface area contributed by atoms with Gasteiger partial charge in [0.25, 0.3) is 0 Å². The Hall–Kier alpha value is -2.13. The second-order valence-electron chi connectivity index (χ2n) is 6.52. The third-order valence-corrected chi connectivity index (χ3v) is 3.91. The van der Waals surface area contributed by atoms with Gasteiger partial charge < -0.3 is 10.2 Å². The number of amides is 1. The molecular formula is C20H27N2O+. The molecule has 0 radical (unpaired) electrons. The molecule has 3 nitrogen and oxygen atoms in total. The zero-order valence-corrected chi connectivity index (χ0v) is 14.3. The SMILES string of the molecule is C[C@@H](CNC(=O)C(c1ccccc1)c1ccccc1)C[NH+](C)C. The van der Waals surface area contributed by atoms with E-state index in [0.29, 0.717) is 12.5 Å². The summed E-state index contributed by atoms with van der Waals surface area (Å²) >= 11 is 0. The summed E-state index contributed by atoms with van der Waals surface area (Å²) < 4.78 is 0. The maximum Gasteiger partial charge on any atom is 0.232 e. The molecule has 0 aliphatic rings. The zero-order valence-electron chi connectivity index (χ0n) is 14.3. The molecule has 0 aromatic heterocycles. The van der Waals surface area contributed by atoms with E-state index in [-0.39, 0.29) is 11.8 Å². The number of carbonyl (C=O) groups excluding carboxylic acids is 1. The Morgan fingerprint density at radius 2 is 1.43 bits per heavy atom. The number of hydrogen-bond donors (Lipinski definition) is 2. The summed E-state index contributed by atoms with van der Waals surface area (Å²) in [6.45, 7) is 3.93. The van der Waals surface area contributed by atoms with E-state index in [2.05, 4.69) is 26.3 Å². The summed E-state index contributed by atoms with van der Waals surface area (Å²) in [6, 6.07) is 20.0. The highest BCUT2D eigenvalue weighted by Gasteiger charge is 2.22. The molecule has 3 heteroatoms. The fraction of sp³-hybridized carbons (Fsp3) is 0.350. The van der Waals surface area contributed by atoms with Crippen molar-refractivity contribution in [1.29, 1.82) is 0 Å². The minimum absolute atomic E-state index is 0.0722. The highest BCUT2D eigenvalue weighted by atomic mass is 16.1. The van der Waals surface area contributed by atoms with Crippen LogP contribution in [0, 0.1) is 5.92 Å². The average molecular weight is 311 g/mol. The van der Waals surface area contributed by atoms with Gasteiger partial charge in [-0.2, -0.15) is 0 Å². The Morgan fingerprint density at radius 3 is 1.87 bits per heavy atom. The summed E-state index contributed by atoms with van der Waals surface area (Å²) in [6.07, 6.45) is 0. The van der Waals surface area contributed by atoms with Crippen LogP contribution in [0.5, 0.6) is 0 Å². The van der Waals surface area contributed by atoms with E-state index in [4.69, 9.17) is 0 Å². The topological polar surface area (TPSA) is 33.5 Å². The Morgan fingerprint density at radius 1 is 0.957 bits per heavy atom. The molecular weight excluding hydrogens is 284 g/mol.